The van der Waals surface area contributed by atoms with Gasteiger partial charge < -0.3 is 62.0 Å². The second-order valence-electron chi connectivity index (χ2n) is 30.5. The second-order valence-corrected chi connectivity index (χ2v) is 30.5. The zero-order valence-corrected chi connectivity index (χ0v) is 54.7. The summed E-state index contributed by atoms with van der Waals surface area (Å²) in [4.78, 5) is 34.5. The van der Waals surface area contributed by atoms with Crippen LogP contribution in [0.5, 0.6) is 11.5 Å². The molecule has 21 atom stereocenters. The molecule has 4 bridgehead atoms. The van der Waals surface area contributed by atoms with Crippen molar-refractivity contribution >= 4 is 22.3 Å². The Labute approximate surface area is 553 Å². The van der Waals surface area contributed by atoms with Crippen LogP contribution in [0.1, 0.15) is 179 Å². The van der Waals surface area contributed by atoms with Gasteiger partial charge in [-0.3, -0.25) is 9.59 Å². The van der Waals surface area contributed by atoms with Crippen molar-refractivity contribution in [2.75, 3.05) is 20.2 Å². The van der Waals surface area contributed by atoms with E-state index in [2.05, 4.69) is 125 Å². The highest BCUT2D eigenvalue weighted by molar-refractivity contribution is 5.89. The van der Waals surface area contributed by atoms with Gasteiger partial charge in [0.1, 0.15) is 11.2 Å². The molecule has 1 saturated heterocycles. The fourth-order valence-electron chi connectivity index (χ4n) is 21.5. The van der Waals surface area contributed by atoms with Crippen LogP contribution in [0.4, 0.5) is 0 Å². The third-order valence-electron chi connectivity index (χ3n) is 25.9. The maximum absolute atomic E-state index is 15.5. The smallest absolute Gasteiger partial charge is 0.160 e. The largest absolute Gasteiger partial charge is 0.504 e. The van der Waals surface area contributed by atoms with Crippen molar-refractivity contribution in [3.8, 4) is 35.2 Å². The minimum atomic E-state index is -1.51. The summed E-state index contributed by atoms with van der Waals surface area (Å²) in [6.07, 6.45) is 8.19. The number of carbonyl (C=O) groups is 2. The van der Waals surface area contributed by atoms with E-state index in [1.807, 2.05) is 18.2 Å². The predicted molar refractivity (Wildman–Crippen MR) is 362 cm³/mol. The summed E-state index contributed by atoms with van der Waals surface area (Å²) >= 11 is 0. The normalized spacial score (nSPS) is 35.6. The highest BCUT2D eigenvalue weighted by Gasteiger charge is 2.68. The van der Waals surface area contributed by atoms with Gasteiger partial charge in [-0.05, 0) is 218 Å². The molecule has 1 aromatic heterocycles. The van der Waals surface area contributed by atoms with Crippen LogP contribution in [-0.2, 0) is 22.4 Å². The lowest BCUT2D eigenvalue weighted by Crippen LogP contribution is -2.70. The van der Waals surface area contributed by atoms with E-state index in [-0.39, 0.29) is 144 Å². The van der Waals surface area contributed by atoms with Crippen molar-refractivity contribution in [3.63, 3.8) is 0 Å². The van der Waals surface area contributed by atoms with E-state index < -0.39 is 35.9 Å². The molecular formula is C80H95N5O9. The number of ketones is 2. The van der Waals surface area contributed by atoms with Crippen molar-refractivity contribution in [1.82, 2.24) is 20.9 Å². The van der Waals surface area contributed by atoms with Crippen molar-refractivity contribution in [2.24, 2.45) is 64.4 Å². The van der Waals surface area contributed by atoms with Crippen LogP contribution in [0.15, 0.2) is 114 Å². The van der Waals surface area contributed by atoms with Gasteiger partial charge in [0.15, 0.2) is 23.6 Å². The van der Waals surface area contributed by atoms with Gasteiger partial charge in [-0.2, -0.15) is 0 Å². The standard InChI is InChI=1S/C80H95N5O9/c1-4-44-40-82-69(81)38-56(44)55(47-20-19-45-14-8-9-15-46(45)31-47)37-64(88)63(87)33-49-25-28-80(67(90)23-21-48-34-66(94-3)65(89)36-54(48)49)29-26-50(35-68(80)91)71-53(22-24-70(92)93)72-60-18-10-16-52-17-11-27-79(52,2)84-42-59(71)75-77(72)76-61(85-60)39-62(86)57-32-51(30-43-12-6-5-7-13-43)58-41-83-78(75)74(58)73(57)76/h5-9,12-15,19-20,31,34,36,38,41,49-53,55,57,59-61,63-64,68,70-73,75-77,82-85,87-89,91-93H,4,11,17-18,21-24,26-27,29-30,32-33,35,37,39-40,42,81H2,1-3H3/t49-,50-,51+,52+,53+,55-,57+,59-,60+,61+,63-,64+,68-,71+,72-,73-,75+,76-,77+,79-,80+/m1/s1. The van der Waals surface area contributed by atoms with Gasteiger partial charge in [-0.25, -0.2) is 0 Å². The lowest BCUT2D eigenvalue weighted by Gasteiger charge is -2.67. The summed E-state index contributed by atoms with van der Waals surface area (Å²) in [6, 6.07) is 28.6. The number of ether oxygens (including phenoxy) is 1. The van der Waals surface area contributed by atoms with Gasteiger partial charge in [-0.15, -0.1) is 5.92 Å². The summed E-state index contributed by atoms with van der Waals surface area (Å²) in [6.45, 7) is 5.76. The van der Waals surface area contributed by atoms with Gasteiger partial charge in [0.25, 0.3) is 0 Å². The highest BCUT2D eigenvalue weighted by Crippen LogP contribution is 2.70. The monoisotopic (exact) mass is 1270 g/mol. The zero-order chi connectivity index (χ0) is 64.9. The molecule has 7 aliphatic carbocycles. The van der Waals surface area contributed by atoms with E-state index in [9.17, 15) is 35.4 Å². The zero-order valence-electron chi connectivity index (χ0n) is 54.7. The number of aromatic nitrogens is 1. The molecule has 494 valence electrons. The number of H-pyrrole nitrogens is 1. The number of nitrogens with one attached hydrogen (secondary N) is 4. The van der Waals surface area contributed by atoms with Gasteiger partial charge in [-0.1, -0.05) is 104 Å². The first-order valence-corrected chi connectivity index (χ1v) is 35.6. The Hall–Kier alpha value is -6.72. The molecule has 5 fully saturated rings. The van der Waals surface area contributed by atoms with Crippen LogP contribution in [0.25, 0.3) is 10.8 Å². The van der Waals surface area contributed by atoms with E-state index in [0.29, 0.717) is 68.8 Å². The highest BCUT2D eigenvalue weighted by atomic mass is 16.5. The van der Waals surface area contributed by atoms with Crippen molar-refractivity contribution < 1.29 is 45.0 Å². The number of phenols is 1. The van der Waals surface area contributed by atoms with Crippen LogP contribution in [-0.4, -0.2) is 110 Å². The Balaban J connectivity index is 0.799. The molecule has 4 aliphatic heterocycles. The van der Waals surface area contributed by atoms with E-state index in [1.165, 1.54) is 29.5 Å². The topological polar surface area (TPSA) is 243 Å². The molecule has 11 aliphatic rings. The number of Topliss-reactive ketones (excluding diaryl/α,β-unsaturated/α-hetero) is 2. The number of allylic oxidation sites excluding steroid dienone is 2. The van der Waals surface area contributed by atoms with Gasteiger partial charge in [0.2, 0.25) is 0 Å². The van der Waals surface area contributed by atoms with E-state index >= 15 is 4.79 Å². The lowest BCUT2D eigenvalue weighted by atomic mass is 9.40. The average Bonchev–Trinajstić information content (AvgIpc) is 1.22. The molecule has 0 amide bonds. The number of carbonyl (C=O) groups excluding carboxylic acids is 2. The van der Waals surface area contributed by atoms with Crippen molar-refractivity contribution in [1.29, 1.82) is 0 Å². The van der Waals surface area contributed by atoms with Crippen LogP contribution in [0.2, 0.25) is 0 Å². The summed E-state index contributed by atoms with van der Waals surface area (Å²) in [5.74, 6) is 15.2. The molecule has 14 heteroatoms. The molecular weight excluding hydrogens is 1170 g/mol. The van der Waals surface area contributed by atoms with Crippen LogP contribution in [0.3, 0.4) is 0 Å². The number of methoxy groups -OCH3 is 1. The minimum absolute atomic E-state index is 0.0101. The molecule has 5 heterocycles. The molecule has 0 unspecified atom stereocenters. The Morgan fingerprint density at radius 3 is 2.47 bits per heavy atom. The molecule has 14 nitrogen and oxygen atoms in total. The van der Waals surface area contributed by atoms with Gasteiger partial charge >= 0.3 is 0 Å². The SMILES string of the molecule is CCC1=C([C@H](C[C@H](O)[C@H](O)C[C@H]2C#C[C@]3(CC[C@@H]([C@@H]4[C@H]5CN[C@]6(C)CCC[C@@H]6C#CC[C@@H]6N[C@H]7CC(=O)[C@@H]8C[C@H](Cc9ccccc9)c9c[nH]c%10c9[C@@H]8[C@@H]7[C@H]([C@@H]%105)[C@@H]6[C@H]4CCC(O)O)C[C@H]3O)C(=O)CCc3cc(OC)c(O)cc32)c2ccc3ccccc3c2)C=C(N)NC1. The number of rotatable bonds is 15. The Kier molecular flexibility index (Phi) is 17.1. The molecule has 16 rings (SSSR count). The maximum Gasteiger partial charge on any atom is 0.160 e. The third kappa shape index (κ3) is 11.0. The van der Waals surface area contributed by atoms with Crippen LogP contribution in [0, 0.1) is 82.4 Å². The van der Waals surface area contributed by atoms with Gasteiger partial charge in [0, 0.05) is 90.8 Å². The van der Waals surface area contributed by atoms with Crippen molar-refractivity contribution in [3.05, 3.63) is 153 Å². The number of aliphatic hydroxyl groups excluding tert-OH is 4. The molecule has 4 aromatic carbocycles. The fourth-order valence-corrected chi connectivity index (χ4v) is 21.5. The van der Waals surface area contributed by atoms with E-state index in [1.54, 1.807) is 12.1 Å². The van der Waals surface area contributed by atoms with E-state index in [4.69, 9.17) is 10.5 Å². The lowest BCUT2D eigenvalue weighted by molar-refractivity contribution is -0.152. The van der Waals surface area contributed by atoms with E-state index in [0.717, 1.165) is 71.6 Å². The first-order chi connectivity index (χ1) is 45.5. The number of dihydropyridines is 1. The summed E-state index contributed by atoms with van der Waals surface area (Å²) in [5, 5.41) is 85.8. The Bertz CT molecular complexity index is 3930. The van der Waals surface area contributed by atoms with Crippen LogP contribution >= 0.6 is 0 Å². The molecule has 1 spiro atoms. The first-order valence-electron chi connectivity index (χ1n) is 35.6. The second kappa shape index (κ2) is 25.4. The Morgan fingerprint density at radius 2 is 1.67 bits per heavy atom. The third-order valence-corrected chi connectivity index (χ3v) is 25.9. The number of aromatic amines is 1. The first kappa shape index (κ1) is 63.3. The summed E-state index contributed by atoms with van der Waals surface area (Å²) < 4.78 is 5.66. The number of phenolic OH excluding ortho intramolecular Hbond substituents is 1. The molecule has 0 radical (unpaired) electrons. The average molecular weight is 1270 g/mol. The van der Waals surface area contributed by atoms with Crippen molar-refractivity contribution in [2.45, 2.75) is 195 Å². The number of piperidine rings is 1. The maximum atomic E-state index is 15.5. The van der Waals surface area contributed by atoms with Crippen LogP contribution < -0.4 is 26.4 Å². The quantitative estimate of drug-likeness (QED) is 0.0346. The number of hydrogen-bond donors (Lipinski definition) is 11. The minimum Gasteiger partial charge on any atom is -0.504 e. The molecule has 12 N–H and O–H groups in total. The molecule has 4 saturated carbocycles. The van der Waals surface area contributed by atoms with Gasteiger partial charge in [0.05, 0.1) is 31.2 Å². The predicted octanol–water partition coefficient (Wildman–Crippen LogP) is 9.93. The number of benzene rings is 4. The molecule has 5 aromatic rings. The summed E-state index contributed by atoms with van der Waals surface area (Å²) in [7, 11) is 1.49. The number of fused-ring (bicyclic) bond motifs is 5. The number of aromatic hydroxyl groups is 1. The Morgan fingerprint density at radius 1 is 0.851 bits per heavy atom. The fraction of sp³-hybridized carbons (Fsp3) is 0.550. The molecule has 94 heavy (non-hydrogen) atoms. The number of hydrogen-bond acceptors (Lipinski definition) is 13. The number of aliphatic hydroxyl groups is 5. The summed E-state index contributed by atoms with van der Waals surface area (Å²) in [5.41, 5.74) is 14.6. The number of aryl methyl sites for hydroxylation is 1. The number of nitrogens with two attached hydrogens (primary N) is 1.